The minimum absolute atomic E-state index is 0.149. The third-order valence-electron chi connectivity index (χ3n) is 4.16. The van der Waals surface area contributed by atoms with Gasteiger partial charge in [-0.2, -0.15) is 0 Å². The van der Waals surface area contributed by atoms with Gasteiger partial charge in [0.25, 0.3) is 0 Å². The second-order valence-electron chi connectivity index (χ2n) is 6.35. The van der Waals surface area contributed by atoms with Gasteiger partial charge in [0.2, 0.25) is 5.91 Å². The highest BCUT2D eigenvalue weighted by Crippen LogP contribution is 2.24. The van der Waals surface area contributed by atoms with Crippen LogP contribution in [0, 0.1) is 5.92 Å². The van der Waals surface area contributed by atoms with E-state index in [2.05, 4.69) is 33.9 Å². The molecule has 0 saturated carbocycles. The number of nitrogens with zero attached hydrogens (tertiary/aromatic N) is 3. The average Bonchev–Trinajstić information content (AvgIpc) is 3.14. The van der Waals surface area contributed by atoms with E-state index in [1.807, 2.05) is 18.2 Å². The molecular weight excluding hydrogens is 324 g/mol. The Bertz CT molecular complexity index is 766. The van der Waals surface area contributed by atoms with Gasteiger partial charge in [-0.3, -0.25) is 4.79 Å². The van der Waals surface area contributed by atoms with Gasteiger partial charge in [0.05, 0.1) is 6.04 Å². The van der Waals surface area contributed by atoms with Crippen molar-refractivity contribution in [2.75, 3.05) is 0 Å². The van der Waals surface area contributed by atoms with Crippen LogP contribution in [0.2, 0.25) is 5.02 Å². The number of aromatic nitrogens is 3. The molecule has 1 amide bonds. The molecule has 0 bridgehead atoms. The van der Waals surface area contributed by atoms with Crippen molar-refractivity contribution in [2.24, 2.45) is 5.92 Å². The quantitative estimate of drug-likeness (QED) is 0.845. The zero-order valence-electron chi connectivity index (χ0n) is 13.9. The lowest BCUT2D eigenvalue weighted by molar-refractivity contribution is -0.117. The largest absolute Gasteiger partial charge is 0.342 e. The summed E-state index contributed by atoms with van der Waals surface area (Å²) in [4.78, 5) is 12.3. The van der Waals surface area contributed by atoms with Crippen molar-refractivity contribution in [1.29, 1.82) is 0 Å². The van der Waals surface area contributed by atoms with Gasteiger partial charge in [-0.1, -0.05) is 37.6 Å². The zero-order chi connectivity index (χ0) is 17.1. The third-order valence-corrected chi connectivity index (χ3v) is 4.39. The predicted molar refractivity (Wildman–Crippen MR) is 94.6 cm³/mol. The molecule has 1 atom stereocenters. The summed E-state index contributed by atoms with van der Waals surface area (Å²) in [7, 11) is 0. The minimum Gasteiger partial charge on any atom is -0.342 e. The number of nitrogens with one attached hydrogen (secondary N) is 1. The van der Waals surface area contributed by atoms with E-state index in [1.165, 1.54) is 6.08 Å². The maximum Gasteiger partial charge on any atom is 0.244 e. The second kappa shape index (κ2) is 7.18. The molecule has 1 N–H and O–H groups in total. The summed E-state index contributed by atoms with van der Waals surface area (Å²) in [6, 6.07) is 7.23. The molecule has 0 spiro atoms. The Hall–Kier alpha value is -2.14. The number of hydrogen-bond donors (Lipinski definition) is 1. The van der Waals surface area contributed by atoms with Gasteiger partial charge in [-0.05, 0) is 36.1 Å². The Morgan fingerprint density at radius 1 is 1.38 bits per heavy atom. The van der Waals surface area contributed by atoms with Crippen molar-refractivity contribution in [3.8, 4) is 0 Å². The molecule has 2 aromatic rings. The molecule has 3 rings (SSSR count). The molecular formula is C18H21ClN4O. The van der Waals surface area contributed by atoms with E-state index in [0.29, 0.717) is 5.02 Å². The Labute approximate surface area is 146 Å². The fourth-order valence-corrected chi connectivity index (χ4v) is 3.11. The fourth-order valence-electron chi connectivity index (χ4n) is 2.92. The molecule has 1 aliphatic rings. The third kappa shape index (κ3) is 3.67. The summed E-state index contributed by atoms with van der Waals surface area (Å²) in [5.74, 6) is 1.94. The topological polar surface area (TPSA) is 59.8 Å². The maximum atomic E-state index is 12.3. The van der Waals surface area contributed by atoms with Crippen LogP contribution in [0.4, 0.5) is 0 Å². The van der Waals surface area contributed by atoms with Crippen LogP contribution in [0.3, 0.4) is 0 Å². The summed E-state index contributed by atoms with van der Waals surface area (Å²) in [6.07, 6.45) is 5.33. The molecule has 24 heavy (non-hydrogen) atoms. The monoisotopic (exact) mass is 344 g/mol. The molecule has 0 radical (unpaired) electrons. The van der Waals surface area contributed by atoms with Gasteiger partial charge in [-0.15, -0.1) is 10.2 Å². The molecule has 5 nitrogen and oxygen atoms in total. The lowest BCUT2D eigenvalue weighted by atomic mass is 10.0. The molecule has 1 aromatic heterocycles. The first-order chi connectivity index (χ1) is 11.5. The number of halogens is 1. The van der Waals surface area contributed by atoms with Crippen LogP contribution in [0.5, 0.6) is 0 Å². The molecule has 1 unspecified atom stereocenters. The Balaban J connectivity index is 1.72. The molecule has 126 valence electrons. The van der Waals surface area contributed by atoms with Crippen molar-refractivity contribution in [3.05, 3.63) is 52.6 Å². The van der Waals surface area contributed by atoms with E-state index in [1.54, 1.807) is 12.1 Å². The molecule has 1 aromatic carbocycles. The fraction of sp³-hybridized carbons (Fsp3) is 0.389. The maximum absolute atomic E-state index is 12.3. The van der Waals surface area contributed by atoms with Crippen molar-refractivity contribution >= 4 is 23.6 Å². The number of aryl methyl sites for hydroxylation is 1. The lowest BCUT2D eigenvalue weighted by Gasteiger charge is -2.21. The van der Waals surface area contributed by atoms with Crippen LogP contribution in [-0.2, 0) is 17.8 Å². The van der Waals surface area contributed by atoms with E-state index >= 15 is 0 Å². The van der Waals surface area contributed by atoms with E-state index in [-0.39, 0.29) is 17.9 Å². The average molecular weight is 345 g/mol. The van der Waals surface area contributed by atoms with Gasteiger partial charge < -0.3 is 9.88 Å². The van der Waals surface area contributed by atoms with E-state index < -0.39 is 0 Å². The van der Waals surface area contributed by atoms with Crippen molar-refractivity contribution < 1.29 is 4.79 Å². The zero-order valence-corrected chi connectivity index (χ0v) is 14.6. The molecule has 6 heteroatoms. The summed E-state index contributed by atoms with van der Waals surface area (Å²) in [5.41, 5.74) is 0.891. The number of carbonyl (C=O) groups excluding carboxylic acids is 1. The lowest BCUT2D eigenvalue weighted by Crippen LogP contribution is -2.32. The molecule has 1 aliphatic heterocycles. The Morgan fingerprint density at radius 3 is 2.96 bits per heavy atom. The first-order valence-corrected chi connectivity index (χ1v) is 8.58. The number of hydrogen-bond acceptors (Lipinski definition) is 3. The number of fused-ring (bicyclic) bond motifs is 1. The molecule has 0 fully saturated rings. The molecule has 0 saturated heterocycles. The van der Waals surface area contributed by atoms with Gasteiger partial charge in [0.1, 0.15) is 5.82 Å². The molecule has 0 aliphatic carbocycles. The van der Waals surface area contributed by atoms with Crippen molar-refractivity contribution in [1.82, 2.24) is 20.1 Å². The van der Waals surface area contributed by atoms with Gasteiger partial charge in [-0.25, -0.2) is 0 Å². The molecule has 2 heterocycles. The van der Waals surface area contributed by atoms with E-state index in [4.69, 9.17) is 11.6 Å². The Kier molecular flexibility index (Phi) is 5.00. The number of rotatable bonds is 5. The SMILES string of the molecule is CC(C)C(NC(=O)/C=C\c1cccc(Cl)c1)c1nnc2n1CCC2. The van der Waals surface area contributed by atoms with Crippen LogP contribution >= 0.6 is 11.6 Å². The number of amides is 1. The van der Waals surface area contributed by atoms with Gasteiger partial charge >= 0.3 is 0 Å². The summed E-state index contributed by atoms with van der Waals surface area (Å²) >= 11 is 5.96. The summed E-state index contributed by atoms with van der Waals surface area (Å²) in [5, 5.41) is 12.2. The van der Waals surface area contributed by atoms with Crippen LogP contribution in [0.25, 0.3) is 6.08 Å². The van der Waals surface area contributed by atoms with Crippen LogP contribution in [-0.4, -0.2) is 20.7 Å². The standard InChI is InChI=1S/C18H21ClN4O/c1-12(2)17(18-22-21-15-7-4-10-23(15)18)20-16(24)9-8-13-5-3-6-14(19)11-13/h3,5-6,8-9,11-12,17H,4,7,10H2,1-2H3,(H,20,24)/b9-8-. The number of benzene rings is 1. The number of carbonyl (C=O) groups is 1. The smallest absolute Gasteiger partial charge is 0.244 e. The minimum atomic E-state index is -0.152. The summed E-state index contributed by atoms with van der Waals surface area (Å²) in [6.45, 7) is 5.07. The highest BCUT2D eigenvalue weighted by molar-refractivity contribution is 6.30. The second-order valence-corrected chi connectivity index (χ2v) is 6.78. The first kappa shape index (κ1) is 16.7. The highest BCUT2D eigenvalue weighted by atomic mass is 35.5. The van der Waals surface area contributed by atoms with E-state index in [0.717, 1.165) is 36.6 Å². The van der Waals surface area contributed by atoms with Crippen molar-refractivity contribution in [2.45, 2.75) is 39.3 Å². The summed E-state index contributed by atoms with van der Waals surface area (Å²) < 4.78 is 2.13. The van der Waals surface area contributed by atoms with Crippen LogP contribution < -0.4 is 5.32 Å². The van der Waals surface area contributed by atoms with E-state index in [9.17, 15) is 4.79 Å². The Morgan fingerprint density at radius 2 is 2.21 bits per heavy atom. The highest BCUT2D eigenvalue weighted by Gasteiger charge is 2.27. The predicted octanol–water partition coefficient (Wildman–Crippen LogP) is 3.40. The first-order valence-electron chi connectivity index (χ1n) is 8.20. The normalized spacial score (nSPS) is 15.0. The van der Waals surface area contributed by atoms with Crippen molar-refractivity contribution in [3.63, 3.8) is 0 Å². The van der Waals surface area contributed by atoms with Crippen LogP contribution in [0.15, 0.2) is 30.3 Å². The van der Waals surface area contributed by atoms with Gasteiger partial charge in [0, 0.05) is 24.1 Å². The van der Waals surface area contributed by atoms with Crippen LogP contribution in [0.1, 0.15) is 43.5 Å². The van der Waals surface area contributed by atoms with Gasteiger partial charge in [0.15, 0.2) is 5.82 Å².